The second-order valence-electron chi connectivity index (χ2n) is 9.64. The van der Waals surface area contributed by atoms with E-state index < -0.39 is 0 Å². The standard InChI is InChI=1S/C26H24Cl3N3O/c27-18-6-7-20-17(10-18)11-21-24(26(33)30-23-8-2-14-1-3-15(23)9-14)31-32(25(20)21)13-16-4-5-19(28)12-22(16)29/h4-7,10,12,14-15,23H,1-3,8-9,11,13H2,(H,30,33). The van der Waals surface area contributed by atoms with Crippen LogP contribution in [0.4, 0.5) is 0 Å². The lowest BCUT2D eigenvalue weighted by Gasteiger charge is -2.29. The Balaban J connectivity index is 1.37. The number of carbonyl (C=O) groups excluding carboxylic acids is 1. The Morgan fingerprint density at radius 3 is 2.67 bits per heavy atom. The summed E-state index contributed by atoms with van der Waals surface area (Å²) in [5.41, 5.74) is 5.56. The van der Waals surface area contributed by atoms with Gasteiger partial charge in [0.1, 0.15) is 0 Å². The SMILES string of the molecule is O=C(NC1CCC2CCC1C2)c1nn(Cc2ccc(Cl)cc2Cl)c2c1Cc1cc(Cl)ccc1-2. The van der Waals surface area contributed by atoms with Crippen LogP contribution in [0, 0.1) is 11.8 Å². The molecule has 3 unspecified atom stereocenters. The van der Waals surface area contributed by atoms with E-state index in [1.165, 1.54) is 25.7 Å². The molecule has 2 bridgehead atoms. The lowest BCUT2D eigenvalue weighted by atomic mass is 9.85. The van der Waals surface area contributed by atoms with E-state index in [9.17, 15) is 4.79 Å². The predicted octanol–water partition coefficient (Wildman–Crippen LogP) is 6.77. The second kappa shape index (κ2) is 8.33. The first-order chi connectivity index (χ1) is 16.0. The maximum absolute atomic E-state index is 13.5. The van der Waals surface area contributed by atoms with Gasteiger partial charge in [0.2, 0.25) is 0 Å². The van der Waals surface area contributed by atoms with Crippen molar-refractivity contribution in [2.45, 2.75) is 51.1 Å². The quantitative estimate of drug-likeness (QED) is 0.336. The summed E-state index contributed by atoms with van der Waals surface area (Å²) in [5.74, 6) is 1.39. The van der Waals surface area contributed by atoms with Gasteiger partial charge in [-0.3, -0.25) is 9.48 Å². The fourth-order valence-electron chi connectivity index (χ4n) is 6.03. The van der Waals surface area contributed by atoms with Gasteiger partial charge in [0, 0.05) is 38.7 Å². The third-order valence-electron chi connectivity index (χ3n) is 7.64. The largest absolute Gasteiger partial charge is 0.348 e. The molecule has 3 aromatic rings. The molecule has 7 heteroatoms. The Kier molecular flexibility index (Phi) is 5.44. The first-order valence-corrected chi connectivity index (χ1v) is 12.7. The molecule has 0 saturated heterocycles. The minimum Gasteiger partial charge on any atom is -0.348 e. The van der Waals surface area contributed by atoms with Crippen molar-refractivity contribution in [3.05, 3.63) is 73.9 Å². The minimum atomic E-state index is -0.0681. The Morgan fingerprint density at radius 2 is 1.82 bits per heavy atom. The van der Waals surface area contributed by atoms with E-state index in [1.54, 1.807) is 6.07 Å². The molecule has 2 fully saturated rings. The summed E-state index contributed by atoms with van der Waals surface area (Å²) in [5, 5.41) is 10.0. The van der Waals surface area contributed by atoms with E-state index >= 15 is 0 Å². The molecular weight excluding hydrogens is 477 g/mol. The summed E-state index contributed by atoms with van der Waals surface area (Å²) >= 11 is 18.8. The van der Waals surface area contributed by atoms with Crippen LogP contribution in [0.3, 0.4) is 0 Å². The summed E-state index contributed by atoms with van der Waals surface area (Å²) < 4.78 is 1.91. The maximum Gasteiger partial charge on any atom is 0.272 e. The normalized spacial score (nSPS) is 22.8. The van der Waals surface area contributed by atoms with Crippen LogP contribution >= 0.6 is 34.8 Å². The molecular formula is C26H24Cl3N3O. The van der Waals surface area contributed by atoms with Gasteiger partial charge in [-0.1, -0.05) is 53.4 Å². The number of nitrogens with zero attached hydrogens (tertiary/aromatic N) is 2. The average molecular weight is 501 g/mol. The number of hydrogen-bond acceptors (Lipinski definition) is 2. The zero-order valence-electron chi connectivity index (χ0n) is 18.1. The van der Waals surface area contributed by atoms with Crippen molar-refractivity contribution < 1.29 is 4.79 Å². The van der Waals surface area contributed by atoms with Gasteiger partial charge in [0.25, 0.3) is 5.91 Å². The number of amides is 1. The first kappa shape index (κ1) is 21.5. The smallest absolute Gasteiger partial charge is 0.272 e. The number of hydrogen-bond donors (Lipinski definition) is 1. The molecule has 0 radical (unpaired) electrons. The van der Waals surface area contributed by atoms with Crippen molar-refractivity contribution >= 4 is 40.7 Å². The number of aromatic nitrogens is 2. The predicted molar refractivity (Wildman–Crippen MR) is 132 cm³/mol. The van der Waals surface area contributed by atoms with Crippen molar-refractivity contribution in [3.63, 3.8) is 0 Å². The van der Waals surface area contributed by atoms with Crippen molar-refractivity contribution in [2.75, 3.05) is 0 Å². The Labute approximate surface area is 208 Å². The molecule has 0 aliphatic heterocycles. The van der Waals surface area contributed by atoms with Crippen molar-refractivity contribution in [1.29, 1.82) is 0 Å². The highest BCUT2D eigenvalue weighted by atomic mass is 35.5. The summed E-state index contributed by atoms with van der Waals surface area (Å²) in [6, 6.07) is 11.6. The van der Waals surface area contributed by atoms with Gasteiger partial charge in [-0.05, 0) is 72.9 Å². The monoisotopic (exact) mass is 499 g/mol. The fraction of sp³-hybridized carbons (Fsp3) is 0.385. The number of halogens is 3. The molecule has 0 spiro atoms. The summed E-state index contributed by atoms with van der Waals surface area (Å²) in [7, 11) is 0. The molecule has 170 valence electrons. The van der Waals surface area contributed by atoms with Crippen LogP contribution in [0.5, 0.6) is 0 Å². The minimum absolute atomic E-state index is 0.0681. The Bertz CT molecular complexity index is 1270. The molecule has 2 saturated carbocycles. The van der Waals surface area contributed by atoms with Gasteiger partial charge < -0.3 is 5.32 Å². The van der Waals surface area contributed by atoms with Crippen LogP contribution in [-0.4, -0.2) is 21.7 Å². The third kappa shape index (κ3) is 3.86. The van der Waals surface area contributed by atoms with Gasteiger partial charge in [-0.2, -0.15) is 5.10 Å². The summed E-state index contributed by atoms with van der Waals surface area (Å²) in [6.07, 6.45) is 6.71. The van der Waals surface area contributed by atoms with Gasteiger partial charge in [0.05, 0.1) is 12.2 Å². The number of nitrogens with one attached hydrogen (secondary N) is 1. The topological polar surface area (TPSA) is 46.9 Å². The number of fused-ring (bicyclic) bond motifs is 5. The molecule has 3 atom stereocenters. The van der Waals surface area contributed by atoms with Crippen LogP contribution in [0.1, 0.15) is 59.3 Å². The number of rotatable bonds is 4. The lowest BCUT2D eigenvalue weighted by molar-refractivity contribution is 0.0902. The number of carbonyl (C=O) groups is 1. The molecule has 1 aromatic heterocycles. The second-order valence-corrected chi connectivity index (χ2v) is 10.9. The zero-order chi connectivity index (χ0) is 22.7. The summed E-state index contributed by atoms with van der Waals surface area (Å²) in [6.45, 7) is 0.460. The van der Waals surface area contributed by atoms with E-state index in [4.69, 9.17) is 39.9 Å². The Morgan fingerprint density at radius 1 is 1.03 bits per heavy atom. The highest BCUT2D eigenvalue weighted by Crippen LogP contribution is 2.43. The van der Waals surface area contributed by atoms with E-state index in [0.717, 1.165) is 40.3 Å². The zero-order valence-corrected chi connectivity index (χ0v) is 20.4. The van der Waals surface area contributed by atoms with Crippen LogP contribution in [-0.2, 0) is 13.0 Å². The molecule has 4 nitrogen and oxygen atoms in total. The van der Waals surface area contributed by atoms with Crippen LogP contribution in [0.15, 0.2) is 36.4 Å². The highest BCUT2D eigenvalue weighted by Gasteiger charge is 2.38. The van der Waals surface area contributed by atoms with E-state index in [-0.39, 0.29) is 11.9 Å². The van der Waals surface area contributed by atoms with Crippen LogP contribution in [0.25, 0.3) is 11.3 Å². The Hall–Kier alpha value is -2.01. The van der Waals surface area contributed by atoms with Gasteiger partial charge >= 0.3 is 0 Å². The number of benzene rings is 2. The lowest BCUT2D eigenvalue weighted by Crippen LogP contribution is -2.41. The maximum atomic E-state index is 13.5. The average Bonchev–Trinajstić information content (AvgIpc) is 3.45. The molecule has 2 aromatic carbocycles. The van der Waals surface area contributed by atoms with E-state index in [2.05, 4.69) is 5.32 Å². The van der Waals surface area contributed by atoms with Crippen molar-refractivity contribution in [3.8, 4) is 11.3 Å². The summed E-state index contributed by atoms with van der Waals surface area (Å²) in [4.78, 5) is 13.5. The molecule has 1 heterocycles. The first-order valence-electron chi connectivity index (χ1n) is 11.6. The van der Waals surface area contributed by atoms with Crippen LogP contribution in [0.2, 0.25) is 15.1 Å². The van der Waals surface area contributed by atoms with Gasteiger partial charge in [0.15, 0.2) is 5.69 Å². The molecule has 33 heavy (non-hydrogen) atoms. The third-order valence-corrected chi connectivity index (χ3v) is 8.47. The van der Waals surface area contributed by atoms with E-state index in [0.29, 0.717) is 39.6 Å². The van der Waals surface area contributed by atoms with E-state index in [1.807, 2.05) is 35.0 Å². The highest BCUT2D eigenvalue weighted by molar-refractivity contribution is 6.35. The molecule has 3 aliphatic rings. The van der Waals surface area contributed by atoms with Gasteiger partial charge in [-0.15, -0.1) is 0 Å². The molecule has 1 amide bonds. The van der Waals surface area contributed by atoms with Crippen LogP contribution < -0.4 is 5.32 Å². The molecule has 3 aliphatic carbocycles. The fourth-order valence-corrected chi connectivity index (χ4v) is 6.69. The van der Waals surface area contributed by atoms with Crippen molar-refractivity contribution in [2.24, 2.45) is 11.8 Å². The van der Waals surface area contributed by atoms with Gasteiger partial charge in [-0.25, -0.2) is 0 Å². The van der Waals surface area contributed by atoms with Crippen molar-refractivity contribution in [1.82, 2.24) is 15.1 Å². The molecule has 1 N–H and O–H groups in total. The molecule has 6 rings (SSSR count).